The van der Waals surface area contributed by atoms with Crippen LogP contribution >= 0.6 is 24.0 Å². The Morgan fingerprint density at radius 2 is 2.14 bits per heavy atom. The second-order valence-corrected chi connectivity index (χ2v) is 6.66. The van der Waals surface area contributed by atoms with Crippen molar-refractivity contribution >= 4 is 24.0 Å². The van der Waals surface area contributed by atoms with Gasteiger partial charge in [0.25, 0.3) is 0 Å². The number of hydrogen-bond donors (Lipinski definition) is 1. The largest absolute Gasteiger partial charge is 0.434 e. The van der Waals surface area contributed by atoms with Crippen molar-refractivity contribution in [3.05, 3.63) is 28.8 Å². The first-order valence-corrected chi connectivity index (χ1v) is 7.37. The fraction of sp³-hybridized carbons (Fsp3) is 0.600. The molecule has 1 aromatic carbocycles. The van der Waals surface area contributed by atoms with E-state index >= 15 is 0 Å². The molecule has 0 amide bonds. The Bertz CT molecular complexity index is 500. The number of rotatable bonds is 4. The molecule has 1 atom stereocenters. The van der Waals surface area contributed by atoms with E-state index < -0.39 is 6.61 Å². The minimum atomic E-state index is -2.84. The molecule has 0 aliphatic carbocycles. The molecule has 1 heterocycles. The minimum Gasteiger partial charge on any atom is -0.434 e. The van der Waals surface area contributed by atoms with Gasteiger partial charge in [0, 0.05) is 36.3 Å². The molecule has 0 saturated carbocycles. The molecule has 0 spiro atoms. The Kier molecular flexibility index (Phi) is 6.86. The summed E-state index contributed by atoms with van der Waals surface area (Å²) >= 11 is 5.97. The number of ether oxygens (including phenoxy) is 1. The maximum absolute atomic E-state index is 12.5. The molecule has 126 valence electrons. The van der Waals surface area contributed by atoms with Gasteiger partial charge in [-0.2, -0.15) is 8.78 Å². The second kappa shape index (κ2) is 7.77. The van der Waals surface area contributed by atoms with Crippen LogP contribution in [0.15, 0.2) is 18.2 Å². The van der Waals surface area contributed by atoms with E-state index in [2.05, 4.69) is 23.5 Å². The highest BCUT2D eigenvalue weighted by Gasteiger charge is 2.33. The first-order valence-electron chi connectivity index (χ1n) is 6.99. The summed E-state index contributed by atoms with van der Waals surface area (Å²) in [7, 11) is 0. The first kappa shape index (κ1) is 19.4. The summed E-state index contributed by atoms with van der Waals surface area (Å²) in [6, 6.07) is 4.88. The molecule has 1 saturated heterocycles. The van der Waals surface area contributed by atoms with Crippen LogP contribution in [0.3, 0.4) is 0 Å². The highest BCUT2D eigenvalue weighted by molar-refractivity contribution is 6.30. The molecule has 0 radical (unpaired) electrons. The van der Waals surface area contributed by atoms with Crippen molar-refractivity contribution in [2.45, 2.75) is 39.5 Å². The smallest absolute Gasteiger partial charge is 0.387 e. The third-order valence-corrected chi connectivity index (χ3v) is 4.26. The zero-order valence-corrected chi connectivity index (χ0v) is 14.3. The monoisotopic (exact) mass is 354 g/mol. The van der Waals surface area contributed by atoms with Gasteiger partial charge in [-0.05, 0) is 30.0 Å². The highest BCUT2D eigenvalue weighted by atomic mass is 35.5. The van der Waals surface area contributed by atoms with Crippen LogP contribution in [0, 0.1) is 5.41 Å². The van der Waals surface area contributed by atoms with Gasteiger partial charge in [0.2, 0.25) is 0 Å². The predicted molar refractivity (Wildman–Crippen MR) is 87.0 cm³/mol. The fourth-order valence-corrected chi connectivity index (χ4v) is 2.94. The molecule has 1 aliphatic heterocycles. The van der Waals surface area contributed by atoms with Crippen LogP contribution in [0.25, 0.3) is 0 Å². The van der Waals surface area contributed by atoms with Crippen LogP contribution in [0.4, 0.5) is 8.78 Å². The van der Waals surface area contributed by atoms with E-state index in [9.17, 15) is 8.78 Å². The van der Waals surface area contributed by atoms with Crippen LogP contribution in [-0.2, 0) is 6.54 Å². The number of alkyl halides is 2. The van der Waals surface area contributed by atoms with Gasteiger partial charge in [0.05, 0.1) is 0 Å². The normalized spacial score (nSPS) is 21.5. The summed E-state index contributed by atoms with van der Waals surface area (Å²) in [5.74, 6) is 0.182. The molecule has 0 bridgehead atoms. The van der Waals surface area contributed by atoms with Gasteiger partial charge in [-0.3, -0.25) is 4.90 Å². The van der Waals surface area contributed by atoms with Gasteiger partial charge in [0.1, 0.15) is 5.75 Å². The number of piperidine rings is 1. The van der Waals surface area contributed by atoms with Crippen molar-refractivity contribution < 1.29 is 13.5 Å². The lowest BCUT2D eigenvalue weighted by molar-refractivity contribution is -0.0510. The van der Waals surface area contributed by atoms with E-state index in [-0.39, 0.29) is 29.6 Å². The molecule has 1 aromatic rings. The maximum atomic E-state index is 12.5. The Morgan fingerprint density at radius 1 is 1.45 bits per heavy atom. The van der Waals surface area contributed by atoms with E-state index in [1.807, 2.05) is 0 Å². The van der Waals surface area contributed by atoms with E-state index in [1.54, 1.807) is 12.1 Å². The number of nitrogens with two attached hydrogens (primary N) is 1. The van der Waals surface area contributed by atoms with Crippen LogP contribution in [0.1, 0.15) is 25.8 Å². The molecule has 7 heteroatoms. The third kappa shape index (κ3) is 4.95. The zero-order valence-electron chi connectivity index (χ0n) is 12.7. The highest BCUT2D eigenvalue weighted by Crippen LogP contribution is 2.31. The number of halogens is 4. The predicted octanol–water partition coefficient (Wildman–Crippen LogP) is 3.92. The molecule has 0 aromatic heterocycles. The van der Waals surface area contributed by atoms with Gasteiger partial charge in [-0.25, -0.2) is 0 Å². The van der Waals surface area contributed by atoms with Crippen LogP contribution in [0.5, 0.6) is 5.75 Å². The van der Waals surface area contributed by atoms with Gasteiger partial charge in [-0.1, -0.05) is 25.4 Å². The summed E-state index contributed by atoms with van der Waals surface area (Å²) in [6.45, 7) is 3.59. The molecule has 22 heavy (non-hydrogen) atoms. The summed E-state index contributed by atoms with van der Waals surface area (Å²) in [5.41, 5.74) is 6.79. The number of hydrogen-bond acceptors (Lipinski definition) is 3. The van der Waals surface area contributed by atoms with E-state index in [0.717, 1.165) is 19.5 Å². The van der Waals surface area contributed by atoms with E-state index in [1.165, 1.54) is 6.07 Å². The molecule has 2 N–H and O–H groups in total. The Labute approximate surface area is 141 Å². The summed E-state index contributed by atoms with van der Waals surface area (Å²) in [5, 5.41) is 0.514. The Morgan fingerprint density at radius 3 is 2.73 bits per heavy atom. The lowest BCUT2D eigenvalue weighted by atomic mass is 9.79. The Hall–Kier alpha value is -0.620. The first-order chi connectivity index (χ1) is 9.78. The SMILES string of the molecule is CC1(C)CN(Cc2cc(Cl)ccc2OC(F)F)CCC1N.Cl. The van der Waals surface area contributed by atoms with Crippen molar-refractivity contribution in [2.24, 2.45) is 11.1 Å². The maximum Gasteiger partial charge on any atom is 0.387 e. The molecule has 3 nitrogen and oxygen atoms in total. The summed E-state index contributed by atoms with van der Waals surface area (Å²) < 4.78 is 29.5. The molecule has 1 aliphatic rings. The number of benzene rings is 1. The van der Waals surface area contributed by atoms with Crippen molar-refractivity contribution in [3.8, 4) is 5.75 Å². The minimum absolute atomic E-state index is 0. The van der Waals surface area contributed by atoms with Gasteiger partial charge in [0.15, 0.2) is 0 Å². The summed E-state index contributed by atoms with van der Waals surface area (Å²) in [6.07, 6.45) is 0.888. The lowest BCUT2D eigenvalue weighted by Gasteiger charge is -2.42. The average molecular weight is 355 g/mol. The van der Waals surface area contributed by atoms with Crippen molar-refractivity contribution in [1.29, 1.82) is 0 Å². The summed E-state index contributed by atoms with van der Waals surface area (Å²) in [4.78, 5) is 2.20. The van der Waals surface area contributed by atoms with Gasteiger partial charge >= 0.3 is 6.61 Å². The van der Waals surface area contributed by atoms with Crippen molar-refractivity contribution in [2.75, 3.05) is 13.1 Å². The number of nitrogens with zero attached hydrogens (tertiary/aromatic N) is 1. The average Bonchev–Trinajstić information content (AvgIpc) is 2.36. The van der Waals surface area contributed by atoms with Crippen LogP contribution in [-0.4, -0.2) is 30.6 Å². The Balaban J connectivity index is 0.00000242. The standard InChI is InChI=1S/C15H21ClF2N2O.ClH/c1-15(2)9-20(6-5-13(15)19)8-10-7-11(16)3-4-12(10)21-14(17)18;/h3-4,7,13-14H,5-6,8-9,19H2,1-2H3;1H. The molecular formula is C15H22Cl2F2N2O. The number of likely N-dealkylation sites (tertiary alicyclic amines) is 1. The fourth-order valence-electron chi connectivity index (χ4n) is 2.74. The van der Waals surface area contributed by atoms with Gasteiger partial charge < -0.3 is 10.5 Å². The van der Waals surface area contributed by atoms with E-state index in [0.29, 0.717) is 17.1 Å². The topological polar surface area (TPSA) is 38.5 Å². The molecular weight excluding hydrogens is 333 g/mol. The molecule has 1 unspecified atom stereocenters. The third-order valence-electron chi connectivity index (χ3n) is 4.02. The lowest BCUT2D eigenvalue weighted by Crippen LogP contribution is -2.52. The molecule has 2 rings (SSSR count). The quantitative estimate of drug-likeness (QED) is 0.890. The second-order valence-electron chi connectivity index (χ2n) is 6.22. The van der Waals surface area contributed by atoms with Crippen LogP contribution < -0.4 is 10.5 Å². The van der Waals surface area contributed by atoms with E-state index in [4.69, 9.17) is 17.3 Å². The van der Waals surface area contributed by atoms with Crippen LogP contribution in [0.2, 0.25) is 5.02 Å². The van der Waals surface area contributed by atoms with Crippen molar-refractivity contribution in [1.82, 2.24) is 4.90 Å². The van der Waals surface area contributed by atoms with Crippen molar-refractivity contribution in [3.63, 3.8) is 0 Å². The molecule has 1 fully saturated rings. The van der Waals surface area contributed by atoms with Gasteiger partial charge in [-0.15, -0.1) is 12.4 Å². The zero-order chi connectivity index (χ0) is 15.6.